The van der Waals surface area contributed by atoms with Gasteiger partial charge in [-0.1, -0.05) is 0 Å². The molecular formula is C12H20N4O4S. The molecule has 118 valence electrons. The standard InChI is InChI=1S/C12H20N4O4S/c1-14(2)7-4-8-15(3)21(19,20)12-6-5-10(16(17)18)9-11(12)13/h5-6,9H,4,7-8,13H2,1-3H3. The van der Waals surface area contributed by atoms with Crippen LogP contribution >= 0.6 is 0 Å². The Morgan fingerprint density at radius 3 is 2.33 bits per heavy atom. The lowest BCUT2D eigenvalue weighted by Gasteiger charge is -2.19. The van der Waals surface area contributed by atoms with E-state index >= 15 is 0 Å². The molecule has 1 aromatic rings. The van der Waals surface area contributed by atoms with E-state index in [1.165, 1.54) is 17.4 Å². The molecule has 0 spiro atoms. The Bertz CT molecular complexity index is 616. The van der Waals surface area contributed by atoms with E-state index in [2.05, 4.69) is 0 Å². The van der Waals surface area contributed by atoms with Crippen molar-refractivity contribution in [3.05, 3.63) is 28.3 Å². The average molecular weight is 316 g/mol. The fourth-order valence-corrected chi connectivity index (χ4v) is 3.08. The van der Waals surface area contributed by atoms with Crippen molar-refractivity contribution in [2.45, 2.75) is 11.3 Å². The molecule has 1 aromatic carbocycles. The van der Waals surface area contributed by atoms with Crippen molar-refractivity contribution < 1.29 is 13.3 Å². The van der Waals surface area contributed by atoms with Crippen LogP contribution in [0.4, 0.5) is 11.4 Å². The van der Waals surface area contributed by atoms with Crippen LogP contribution in [0.3, 0.4) is 0 Å². The van der Waals surface area contributed by atoms with Gasteiger partial charge in [0.1, 0.15) is 4.90 Å². The van der Waals surface area contributed by atoms with Gasteiger partial charge in [0.15, 0.2) is 0 Å². The summed E-state index contributed by atoms with van der Waals surface area (Å²) in [4.78, 5) is 11.9. The number of benzene rings is 1. The molecule has 0 radical (unpaired) electrons. The number of hydrogen-bond donors (Lipinski definition) is 1. The second-order valence-electron chi connectivity index (χ2n) is 4.96. The minimum absolute atomic E-state index is 0.111. The molecule has 0 aliphatic rings. The summed E-state index contributed by atoms with van der Waals surface area (Å²) in [6.45, 7) is 1.10. The van der Waals surface area contributed by atoms with Crippen LogP contribution in [0, 0.1) is 10.1 Å². The minimum atomic E-state index is -3.74. The number of rotatable bonds is 7. The summed E-state index contributed by atoms with van der Waals surface area (Å²) in [5.74, 6) is 0. The van der Waals surface area contributed by atoms with E-state index in [0.29, 0.717) is 13.0 Å². The van der Waals surface area contributed by atoms with Gasteiger partial charge in [0, 0.05) is 25.7 Å². The highest BCUT2D eigenvalue weighted by Gasteiger charge is 2.24. The van der Waals surface area contributed by atoms with Gasteiger partial charge in [0.25, 0.3) is 5.69 Å². The Balaban J connectivity index is 2.94. The third kappa shape index (κ3) is 4.38. The van der Waals surface area contributed by atoms with Crippen molar-refractivity contribution in [1.82, 2.24) is 9.21 Å². The van der Waals surface area contributed by atoms with Crippen molar-refractivity contribution in [3.8, 4) is 0 Å². The van der Waals surface area contributed by atoms with Crippen molar-refractivity contribution in [1.29, 1.82) is 0 Å². The zero-order chi connectivity index (χ0) is 16.2. The molecule has 0 aromatic heterocycles. The van der Waals surface area contributed by atoms with Gasteiger partial charge < -0.3 is 10.6 Å². The maximum Gasteiger partial charge on any atom is 0.271 e. The summed E-state index contributed by atoms with van der Waals surface area (Å²) in [6.07, 6.45) is 0.676. The predicted molar refractivity (Wildman–Crippen MR) is 80.5 cm³/mol. The summed E-state index contributed by atoms with van der Waals surface area (Å²) >= 11 is 0. The molecule has 8 nitrogen and oxygen atoms in total. The molecule has 9 heteroatoms. The van der Waals surface area contributed by atoms with Gasteiger partial charge in [-0.15, -0.1) is 0 Å². The molecular weight excluding hydrogens is 296 g/mol. The Hall–Kier alpha value is -1.71. The van der Waals surface area contributed by atoms with Crippen molar-refractivity contribution in [2.24, 2.45) is 0 Å². The fraction of sp³-hybridized carbons (Fsp3) is 0.500. The van der Waals surface area contributed by atoms with Crippen LogP contribution in [0.25, 0.3) is 0 Å². The highest BCUT2D eigenvalue weighted by atomic mass is 32.2. The van der Waals surface area contributed by atoms with Crippen LogP contribution in [-0.4, -0.2) is 56.8 Å². The number of anilines is 1. The second-order valence-corrected chi connectivity index (χ2v) is 6.98. The lowest BCUT2D eigenvalue weighted by Crippen LogP contribution is -2.30. The summed E-state index contributed by atoms with van der Waals surface area (Å²) in [7, 11) is 1.53. The molecule has 21 heavy (non-hydrogen) atoms. The predicted octanol–water partition coefficient (Wildman–Crippen LogP) is 0.749. The summed E-state index contributed by atoms with van der Waals surface area (Å²) < 4.78 is 25.9. The molecule has 0 unspecified atom stereocenters. The Kier molecular flexibility index (Phi) is 5.64. The first-order chi connectivity index (χ1) is 9.66. The van der Waals surface area contributed by atoms with E-state index in [9.17, 15) is 18.5 Å². The first-order valence-electron chi connectivity index (χ1n) is 6.31. The van der Waals surface area contributed by atoms with Crippen LogP contribution in [0.1, 0.15) is 6.42 Å². The molecule has 0 fully saturated rings. The van der Waals surface area contributed by atoms with Gasteiger partial charge in [-0.2, -0.15) is 0 Å². The maximum absolute atomic E-state index is 12.4. The summed E-state index contributed by atoms with van der Waals surface area (Å²) in [5, 5.41) is 10.6. The zero-order valence-electron chi connectivity index (χ0n) is 12.3. The SMILES string of the molecule is CN(C)CCCN(C)S(=O)(=O)c1ccc([N+](=O)[O-])cc1N. The molecule has 0 atom stereocenters. The largest absolute Gasteiger partial charge is 0.397 e. The van der Waals surface area contributed by atoms with Gasteiger partial charge in [-0.05, 0) is 33.1 Å². The van der Waals surface area contributed by atoms with E-state index in [0.717, 1.165) is 18.7 Å². The van der Waals surface area contributed by atoms with Gasteiger partial charge in [0.2, 0.25) is 10.0 Å². The van der Waals surface area contributed by atoms with Crippen LogP contribution in [-0.2, 0) is 10.0 Å². The topological polar surface area (TPSA) is 110 Å². The highest BCUT2D eigenvalue weighted by Crippen LogP contribution is 2.25. The smallest absolute Gasteiger partial charge is 0.271 e. The number of nitrogen functional groups attached to an aromatic ring is 1. The molecule has 0 saturated carbocycles. The van der Waals surface area contributed by atoms with E-state index in [-0.39, 0.29) is 16.3 Å². The number of nitro groups is 1. The molecule has 0 heterocycles. The van der Waals surface area contributed by atoms with Gasteiger partial charge in [-0.25, -0.2) is 12.7 Å². The lowest BCUT2D eigenvalue weighted by molar-refractivity contribution is -0.384. The Morgan fingerprint density at radius 2 is 1.86 bits per heavy atom. The van der Waals surface area contributed by atoms with Gasteiger partial charge in [0.05, 0.1) is 10.6 Å². The zero-order valence-corrected chi connectivity index (χ0v) is 13.1. The van der Waals surface area contributed by atoms with Crippen LogP contribution in [0.15, 0.2) is 23.1 Å². The summed E-state index contributed by atoms with van der Waals surface area (Å²) in [6, 6.07) is 3.36. The summed E-state index contributed by atoms with van der Waals surface area (Å²) in [5.41, 5.74) is 5.29. The molecule has 0 aliphatic carbocycles. The van der Waals surface area contributed by atoms with Gasteiger partial charge >= 0.3 is 0 Å². The van der Waals surface area contributed by atoms with Gasteiger partial charge in [-0.3, -0.25) is 10.1 Å². The Labute approximate surface area is 124 Å². The van der Waals surface area contributed by atoms with Crippen LogP contribution in [0.5, 0.6) is 0 Å². The highest BCUT2D eigenvalue weighted by molar-refractivity contribution is 7.89. The fourth-order valence-electron chi connectivity index (χ4n) is 1.78. The van der Waals surface area contributed by atoms with Crippen molar-refractivity contribution in [2.75, 3.05) is 40.0 Å². The maximum atomic E-state index is 12.4. The number of sulfonamides is 1. The number of nitrogens with zero attached hydrogens (tertiary/aromatic N) is 3. The number of nitro benzene ring substituents is 1. The third-order valence-electron chi connectivity index (χ3n) is 2.97. The normalized spacial score (nSPS) is 12.0. The quantitative estimate of drug-likeness (QED) is 0.451. The molecule has 0 amide bonds. The monoisotopic (exact) mass is 316 g/mol. The second kappa shape index (κ2) is 6.83. The third-order valence-corrected chi connectivity index (χ3v) is 4.90. The van der Waals surface area contributed by atoms with Crippen molar-refractivity contribution >= 4 is 21.4 Å². The lowest BCUT2D eigenvalue weighted by atomic mass is 10.3. The van der Waals surface area contributed by atoms with Crippen LogP contribution < -0.4 is 5.73 Å². The molecule has 0 aliphatic heterocycles. The molecule has 0 saturated heterocycles. The van der Waals surface area contributed by atoms with Crippen LogP contribution in [0.2, 0.25) is 0 Å². The van der Waals surface area contributed by atoms with E-state index in [4.69, 9.17) is 5.73 Å². The van der Waals surface area contributed by atoms with E-state index < -0.39 is 14.9 Å². The number of non-ortho nitro benzene ring substituents is 1. The molecule has 2 N–H and O–H groups in total. The first kappa shape index (κ1) is 17.3. The van der Waals surface area contributed by atoms with Crippen molar-refractivity contribution in [3.63, 3.8) is 0 Å². The first-order valence-corrected chi connectivity index (χ1v) is 7.75. The number of hydrogen-bond acceptors (Lipinski definition) is 6. The van der Waals surface area contributed by atoms with E-state index in [1.807, 2.05) is 19.0 Å². The molecule has 1 rings (SSSR count). The number of nitrogens with two attached hydrogens (primary N) is 1. The minimum Gasteiger partial charge on any atom is -0.397 e. The Morgan fingerprint density at radius 1 is 1.24 bits per heavy atom. The van der Waals surface area contributed by atoms with E-state index in [1.54, 1.807) is 0 Å². The molecule has 0 bridgehead atoms. The average Bonchev–Trinajstić information content (AvgIpc) is 2.37.